The molecule has 1 aromatic carbocycles. The first-order chi connectivity index (χ1) is 12.3. The zero-order valence-corrected chi connectivity index (χ0v) is 17.7. The molecule has 2 N–H and O–H groups in total. The van der Waals surface area contributed by atoms with Crippen LogP contribution in [0.25, 0.3) is 0 Å². The van der Waals surface area contributed by atoms with Crippen molar-refractivity contribution >= 4 is 27.7 Å². The molecular weight excluding hydrogens is 368 g/mol. The van der Waals surface area contributed by atoms with E-state index in [-0.39, 0.29) is 6.04 Å². The van der Waals surface area contributed by atoms with E-state index in [9.17, 15) is 8.42 Å². The highest BCUT2D eigenvalue weighted by Gasteiger charge is 2.31. The molecule has 1 heterocycles. The van der Waals surface area contributed by atoms with E-state index in [0.717, 1.165) is 25.3 Å². The molecule has 0 bridgehead atoms. The quantitative estimate of drug-likeness (QED) is 0.418. The Kier molecular flexibility index (Phi) is 7.79. The van der Waals surface area contributed by atoms with Crippen LogP contribution in [0.4, 0.5) is 0 Å². The lowest BCUT2D eigenvalue weighted by molar-refractivity contribution is 0.387. The zero-order chi connectivity index (χ0) is 19.2. The SMILES string of the molecule is CCNC(=NCc1ccc(C)cc1SC)NC[C@H]1CCCN1S(C)(=O)=O. The fraction of sp³-hybridized carbons (Fsp3) is 0.611. The highest BCUT2D eigenvalue weighted by molar-refractivity contribution is 7.98. The van der Waals surface area contributed by atoms with Gasteiger partial charge in [0.25, 0.3) is 0 Å². The Hall–Kier alpha value is -1.25. The van der Waals surface area contributed by atoms with Crippen molar-refractivity contribution in [2.45, 2.75) is 44.2 Å². The predicted octanol–water partition coefficient (Wildman–Crippen LogP) is 2.20. The average Bonchev–Trinajstić information content (AvgIpc) is 3.07. The molecule has 6 nitrogen and oxygen atoms in total. The molecule has 0 aliphatic carbocycles. The number of rotatable bonds is 7. The molecule has 1 atom stereocenters. The molecule has 0 aromatic heterocycles. The van der Waals surface area contributed by atoms with Gasteiger partial charge in [-0.05, 0) is 50.1 Å². The minimum Gasteiger partial charge on any atom is -0.357 e. The normalized spacial score (nSPS) is 18.9. The molecule has 0 spiro atoms. The van der Waals surface area contributed by atoms with Crippen LogP contribution < -0.4 is 10.6 Å². The fourth-order valence-corrected chi connectivity index (χ4v) is 5.03. The number of sulfonamides is 1. The predicted molar refractivity (Wildman–Crippen MR) is 110 cm³/mol. The molecule has 1 aliphatic rings. The molecule has 0 amide bonds. The summed E-state index contributed by atoms with van der Waals surface area (Å²) >= 11 is 1.73. The summed E-state index contributed by atoms with van der Waals surface area (Å²) in [7, 11) is -3.15. The van der Waals surface area contributed by atoms with E-state index < -0.39 is 10.0 Å². The Morgan fingerprint density at radius 2 is 2.15 bits per heavy atom. The van der Waals surface area contributed by atoms with Gasteiger partial charge in [0.1, 0.15) is 0 Å². The molecule has 0 saturated carbocycles. The molecule has 8 heteroatoms. The third kappa shape index (κ3) is 5.89. The summed E-state index contributed by atoms with van der Waals surface area (Å²) in [6, 6.07) is 6.40. The minimum atomic E-state index is -3.15. The number of aryl methyl sites for hydroxylation is 1. The highest BCUT2D eigenvalue weighted by atomic mass is 32.2. The van der Waals surface area contributed by atoms with Crippen LogP contribution in [-0.2, 0) is 16.6 Å². The lowest BCUT2D eigenvalue weighted by Gasteiger charge is -2.23. The molecule has 1 saturated heterocycles. The zero-order valence-electron chi connectivity index (χ0n) is 16.1. The first kappa shape index (κ1) is 21.1. The maximum Gasteiger partial charge on any atom is 0.211 e. The Morgan fingerprint density at radius 1 is 1.38 bits per heavy atom. The first-order valence-electron chi connectivity index (χ1n) is 8.97. The number of nitrogens with zero attached hydrogens (tertiary/aromatic N) is 2. The van der Waals surface area contributed by atoms with Crippen LogP contribution in [0.15, 0.2) is 28.1 Å². The van der Waals surface area contributed by atoms with Crippen LogP contribution in [0.1, 0.15) is 30.9 Å². The van der Waals surface area contributed by atoms with Gasteiger partial charge in [-0.25, -0.2) is 13.4 Å². The molecule has 0 unspecified atom stereocenters. The van der Waals surface area contributed by atoms with E-state index in [1.807, 2.05) is 6.92 Å². The maximum absolute atomic E-state index is 11.9. The van der Waals surface area contributed by atoms with Crippen molar-refractivity contribution in [3.05, 3.63) is 29.3 Å². The van der Waals surface area contributed by atoms with Crippen molar-refractivity contribution < 1.29 is 8.42 Å². The molecule has 146 valence electrons. The summed E-state index contributed by atoms with van der Waals surface area (Å²) in [5.41, 5.74) is 2.44. The van der Waals surface area contributed by atoms with Crippen LogP contribution >= 0.6 is 11.8 Å². The third-order valence-corrected chi connectivity index (χ3v) is 6.60. The number of thioether (sulfide) groups is 1. The van der Waals surface area contributed by atoms with Crippen molar-refractivity contribution in [1.29, 1.82) is 0 Å². The van der Waals surface area contributed by atoms with Crippen molar-refractivity contribution in [3.8, 4) is 0 Å². The number of nitrogens with one attached hydrogen (secondary N) is 2. The second-order valence-electron chi connectivity index (χ2n) is 6.56. The van der Waals surface area contributed by atoms with Crippen LogP contribution in [-0.4, -0.2) is 56.9 Å². The van der Waals surface area contributed by atoms with Crippen LogP contribution in [0, 0.1) is 6.92 Å². The summed E-state index contributed by atoms with van der Waals surface area (Å²) in [5, 5.41) is 6.55. The van der Waals surface area contributed by atoms with E-state index in [0.29, 0.717) is 19.6 Å². The Balaban J connectivity index is 2.03. The second kappa shape index (κ2) is 9.62. The first-order valence-corrected chi connectivity index (χ1v) is 12.0. The maximum atomic E-state index is 11.9. The molecule has 1 aliphatic heterocycles. The standard InChI is InChI=1S/C18H30N4O2S2/c1-5-19-18(20-12-15-9-8-14(2)11-17(15)25-3)21-13-16-7-6-10-22(16)26(4,23)24/h8-9,11,16H,5-7,10,12-13H2,1-4H3,(H2,19,20,21)/t16-/m1/s1. The minimum absolute atomic E-state index is 0.00464. The van der Waals surface area contributed by atoms with Gasteiger partial charge in [0.15, 0.2) is 5.96 Å². The van der Waals surface area contributed by atoms with Gasteiger partial charge in [-0.15, -0.1) is 11.8 Å². The van der Waals surface area contributed by atoms with Crippen molar-refractivity contribution in [2.75, 3.05) is 32.1 Å². The monoisotopic (exact) mass is 398 g/mol. The summed E-state index contributed by atoms with van der Waals surface area (Å²) in [5.74, 6) is 0.723. The summed E-state index contributed by atoms with van der Waals surface area (Å²) in [4.78, 5) is 5.92. The Morgan fingerprint density at radius 3 is 2.81 bits per heavy atom. The van der Waals surface area contributed by atoms with E-state index in [1.54, 1.807) is 16.1 Å². The molecule has 2 rings (SSSR count). The number of hydrogen-bond donors (Lipinski definition) is 2. The fourth-order valence-electron chi connectivity index (χ4n) is 3.15. The van der Waals surface area contributed by atoms with Gasteiger partial charge in [0.05, 0.1) is 12.8 Å². The van der Waals surface area contributed by atoms with Crippen molar-refractivity contribution in [2.24, 2.45) is 4.99 Å². The highest BCUT2D eigenvalue weighted by Crippen LogP contribution is 2.22. The van der Waals surface area contributed by atoms with Gasteiger partial charge in [-0.1, -0.05) is 12.1 Å². The lowest BCUT2D eigenvalue weighted by atomic mass is 10.1. The summed E-state index contributed by atoms with van der Waals surface area (Å²) in [6.45, 7) is 6.64. The van der Waals surface area contributed by atoms with Gasteiger partial charge in [-0.3, -0.25) is 0 Å². The Labute approximate surface area is 161 Å². The van der Waals surface area contributed by atoms with Crippen LogP contribution in [0.5, 0.6) is 0 Å². The van der Waals surface area contributed by atoms with Gasteiger partial charge in [-0.2, -0.15) is 4.31 Å². The number of hydrogen-bond acceptors (Lipinski definition) is 4. The Bertz CT molecular complexity index is 735. The summed E-state index contributed by atoms with van der Waals surface area (Å²) in [6.07, 6.45) is 5.15. The number of guanidine groups is 1. The second-order valence-corrected chi connectivity index (χ2v) is 9.34. The van der Waals surface area contributed by atoms with E-state index in [2.05, 4.69) is 47.0 Å². The van der Waals surface area contributed by atoms with Crippen LogP contribution in [0.2, 0.25) is 0 Å². The summed E-state index contributed by atoms with van der Waals surface area (Å²) < 4.78 is 25.3. The van der Waals surface area contributed by atoms with Crippen molar-refractivity contribution in [1.82, 2.24) is 14.9 Å². The van der Waals surface area contributed by atoms with Crippen LogP contribution in [0.3, 0.4) is 0 Å². The average molecular weight is 399 g/mol. The van der Waals surface area contributed by atoms with Gasteiger partial charge in [0.2, 0.25) is 10.0 Å². The van der Waals surface area contributed by atoms with Gasteiger partial charge in [0, 0.05) is 30.6 Å². The lowest BCUT2D eigenvalue weighted by Crippen LogP contribution is -2.46. The molecule has 1 aromatic rings. The molecule has 0 radical (unpaired) electrons. The number of benzene rings is 1. The van der Waals surface area contributed by atoms with E-state index >= 15 is 0 Å². The molecule has 1 fully saturated rings. The van der Waals surface area contributed by atoms with E-state index in [1.165, 1.54) is 22.3 Å². The molecular formula is C18H30N4O2S2. The number of aliphatic imine (C=N–C) groups is 1. The van der Waals surface area contributed by atoms with Gasteiger partial charge >= 0.3 is 0 Å². The topological polar surface area (TPSA) is 73.8 Å². The third-order valence-electron chi connectivity index (χ3n) is 4.45. The smallest absolute Gasteiger partial charge is 0.211 e. The molecule has 26 heavy (non-hydrogen) atoms. The van der Waals surface area contributed by atoms with E-state index in [4.69, 9.17) is 0 Å². The van der Waals surface area contributed by atoms with Crippen molar-refractivity contribution in [3.63, 3.8) is 0 Å². The largest absolute Gasteiger partial charge is 0.357 e. The van der Waals surface area contributed by atoms with Gasteiger partial charge < -0.3 is 10.6 Å².